The predicted molar refractivity (Wildman–Crippen MR) is 69.6 cm³/mol. The lowest BCUT2D eigenvalue weighted by Gasteiger charge is -2.26. The largest absolute Gasteiger partial charge is 0.497 e. The maximum absolute atomic E-state index is 12.2. The van der Waals surface area contributed by atoms with E-state index in [0.29, 0.717) is 11.5 Å². The molecule has 1 aromatic carbocycles. The number of hydrogen-bond acceptors (Lipinski definition) is 5. The van der Waals surface area contributed by atoms with E-state index in [9.17, 15) is 15.0 Å². The minimum absolute atomic E-state index is 0.273. The molecular weight excluding hydrogens is 250 g/mol. The molecule has 0 aliphatic carbocycles. The molecule has 6 heteroatoms. The number of methoxy groups -OCH3 is 2. The Kier molecular flexibility index (Phi) is 5.14. The Morgan fingerprint density at radius 3 is 2.37 bits per heavy atom. The number of ether oxygens (including phenoxy) is 2. The first-order valence-electron chi connectivity index (χ1n) is 5.76. The van der Waals surface area contributed by atoms with Crippen LogP contribution >= 0.6 is 0 Å². The number of carbonyl (C=O) groups is 1. The molecule has 0 aliphatic rings. The van der Waals surface area contributed by atoms with Gasteiger partial charge in [0.1, 0.15) is 11.5 Å². The van der Waals surface area contributed by atoms with Crippen molar-refractivity contribution in [2.24, 2.45) is 0 Å². The second-order valence-corrected chi connectivity index (χ2v) is 4.40. The van der Waals surface area contributed by atoms with Crippen LogP contribution in [0, 0.1) is 0 Å². The molecule has 0 saturated heterocycles. The summed E-state index contributed by atoms with van der Waals surface area (Å²) in [5.74, 6) is 0.443. The molecule has 0 aliphatic heterocycles. The van der Waals surface area contributed by atoms with E-state index >= 15 is 0 Å². The summed E-state index contributed by atoms with van der Waals surface area (Å²) in [6, 6.07) is 4.82. The van der Waals surface area contributed by atoms with E-state index in [1.165, 1.54) is 27.2 Å². The van der Waals surface area contributed by atoms with Crippen molar-refractivity contribution in [1.29, 1.82) is 0 Å². The van der Waals surface area contributed by atoms with Gasteiger partial charge >= 0.3 is 0 Å². The Morgan fingerprint density at radius 2 is 1.89 bits per heavy atom. The lowest BCUT2D eigenvalue weighted by atomic mass is 10.0. The highest BCUT2D eigenvalue weighted by Crippen LogP contribution is 2.24. The zero-order chi connectivity index (χ0) is 14.5. The maximum atomic E-state index is 12.2. The van der Waals surface area contributed by atoms with E-state index in [0.717, 1.165) is 0 Å². The minimum Gasteiger partial charge on any atom is -0.497 e. The van der Waals surface area contributed by atoms with Crippen LogP contribution in [0.25, 0.3) is 0 Å². The maximum Gasteiger partial charge on any atom is 0.255 e. The zero-order valence-electron chi connectivity index (χ0n) is 11.3. The topological polar surface area (TPSA) is 88.0 Å². The van der Waals surface area contributed by atoms with E-state index in [1.54, 1.807) is 12.1 Å². The van der Waals surface area contributed by atoms with E-state index in [-0.39, 0.29) is 18.8 Å². The molecule has 19 heavy (non-hydrogen) atoms. The zero-order valence-corrected chi connectivity index (χ0v) is 11.3. The molecular formula is C13H19NO5. The lowest BCUT2D eigenvalue weighted by Crippen LogP contribution is -2.51. The fraction of sp³-hybridized carbons (Fsp3) is 0.462. The van der Waals surface area contributed by atoms with Crippen LogP contribution in [0.5, 0.6) is 11.5 Å². The summed E-state index contributed by atoms with van der Waals surface area (Å²) >= 11 is 0. The van der Waals surface area contributed by atoms with Crippen molar-refractivity contribution in [3.63, 3.8) is 0 Å². The molecule has 106 valence electrons. The Balaban J connectivity index is 3.04. The normalized spacial score (nSPS) is 11.0. The highest BCUT2D eigenvalue weighted by molar-refractivity contribution is 5.97. The molecule has 3 N–H and O–H groups in total. The first kappa shape index (κ1) is 15.3. The number of aliphatic hydroxyl groups excluding tert-OH is 2. The van der Waals surface area contributed by atoms with Gasteiger partial charge in [-0.05, 0) is 25.1 Å². The summed E-state index contributed by atoms with van der Waals surface area (Å²) in [5.41, 5.74) is -0.819. The van der Waals surface area contributed by atoms with Crippen molar-refractivity contribution in [3.05, 3.63) is 23.8 Å². The molecule has 0 fully saturated rings. The molecule has 0 aromatic heterocycles. The lowest BCUT2D eigenvalue weighted by molar-refractivity contribution is 0.0721. The van der Waals surface area contributed by atoms with Crippen molar-refractivity contribution in [2.75, 3.05) is 27.4 Å². The van der Waals surface area contributed by atoms with Crippen LogP contribution in [-0.2, 0) is 0 Å². The summed E-state index contributed by atoms with van der Waals surface area (Å²) in [7, 11) is 2.95. The molecule has 0 spiro atoms. The van der Waals surface area contributed by atoms with Gasteiger partial charge in [0.25, 0.3) is 5.91 Å². The molecule has 0 bridgehead atoms. The summed E-state index contributed by atoms with van der Waals surface area (Å²) in [6.07, 6.45) is 0. The Labute approximate surface area is 112 Å². The standard InChI is InChI=1S/C13H19NO5/c1-13(7-15,8-16)14-12(17)10-6-9(18-2)4-5-11(10)19-3/h4-6,15-16H,7-8H2,1-3H3,(H,14,17). The van der Waals surface area contributed by atoms with Gasteiger partial charge in [-0.1, -0.05) is 0 Å². The van der Waals surface area contributed by atoms with Crippen LogP contribution in [0.2, 0.25) is 0 Å². The molecule has 1 rings (SSSR count). The summed E-state index contributed by atoms with van der Waals surface area (Å²) in [4.78, 5) is 12.2. The van der Waals surface area contributed by atoms with Crippen LogP contribution in [0.15, 0.2) is 18.2 Å². The fourth-order valence-corrected chi connectivity index (χ4v) is 1.46. The third-order valence-corrected chi connectivity index (χ3v) is 2.76. The quantitative estimate of drug-likeness (QED) is 0.685. The van der Waals surface area contributed by atoms with Gasteiger partial charge in [-0.3, -0.25) is 4.79 Å². The van der Waals surface area contributed by atoms with Crippen LogP contribution in [-0.4, -0.2) is 49.1 Å². The monoisotopic (exact) mass is 269 g/mol. The van der Waals surface area contributed by atoms with Crippen LogP contribution in [0.3, 0.4) is 0 Å². The van der Waals surface area contributed by atoms with Gasteiger partial charge in [-0.25, -0.2) is 0 Å². The van der Waals surface area contributed by atoms with Crippen LogP contribution in [0.1, 0.15) is 17.3 Å². The average molecular weight is 269 g/mol. The van der Waals surface area contributed by atoms with Gasteiger partial charge in [0.15, 0.2) is 0 Å². The molecule has 0 heterocycles. The number of aliphatic hydroxyl groups is 2. The first-order valence-corrected chi connectivity index (χ1v) is 5.76. The number of benzene rings is 1. The van der Waals surface area contributed by atoms with Crippen molar-refractivity contribution in [1.82, 2.24) is 5.32 Å². The summed E-state index contributed by atoms with van der Waals surface area (Å²) in [5, 5.41) is 20.9. The Hall–Kier alpha value is -1.79. The molecule has 6 nitrogen and oxygen atoms in total. The Morgan fingerprint density at radius 1 is 1.26 bits per heavy atom. The number of amides is 1. The molecule has 1 aromatic rings. The SMILES string of the molecule is COc1ccc(OC)c(C(=O)NC(C)(CO)CO)c1. The number of rotatable bonds is 6. The highest BCUT2D eigenvalue weighted by atomic mass is 16.5. The van der Waals surface area contributed by atoms with E-state index < -0.39 is 11.4 Å². The molecule has 0 saturated carbocycles. The third-order valence-electron chi connectivity index (χ3n) is 2.76. The van der Waals surface area contributed by atoms with E-state index in [4.69, 9.17) is 9.47 Å². The molecule has 1 amide bonds. The van der Waals surface area contributed by atoms with Gasteiger partial charge in [0, 0.05) is 0 Å². The third kappa shape index (κ3) is 3.59. The molecule has 0 atom stereocenters. The van der Waals surface area contributed by atoms with Crippen molar-refractivity contribution < 1.29 is 24.5 Å². The first-order chi connectivity index (χ1) is 8.99. The molecule has 0 unspecified atom stereocenters. The summed E-state index contributed by atoms with van der Waals surface area (Å²) < 4.78 is 10.2. The average Bonchev–Trinajstić information content (AvgIpc) is 2.46. The van der Waals surface area contributed by atoms with Gasteiger partial charge in [-0.2, -0.15) is 0 Å². The van der Waals surface area contributed by atoms with Gasteiger partial charge in [-0.15, -0.1) is 0 Å². The van der Waals surface area contributed by atoms with Gasteiger partial charge < -0.3 is 25.0 Å². The Bertz CT molecular complexity index is 443. The van der Waals surface area contributed by atoms with Gasteiger partial charge in [0.05, 0.1) is 38.5 Å². The second-order valence-electron chi connectivity index (χ2n) is 4.40. The predicted octanol–water partition coefficient (Wildman–Crippen LogP) is 0.177. The molecule has 0 radical (unpaired) electrons. The van der Waals surface area contributed by atoms with Crippen molar-refractivity contribution in [3.8, 4) is 11.5 Å². The van der Waals surface area contributed by atoms with Crippen molar-refractivity contribution >= 4 is 5.91 Å². The second kappa shape index (κ2) is 6.40. The summed E-state index contributed by atoms with van der Waals surface area (Å²) in [6.45, 7) is 0.792. The highest BCUT2D eigenvalue weighted by Gasteiger charge is 2.26. The number of nitrogens with one attached hydrogen (secondary N) is 1. The number of carbonyl (C=O) groups excluding carboxylic acids is 1. The smallest absolute Gasteiger partial charge is 0.255 e. The van der Waals surface area contributed by atoms with E-state index in [2.05, 4.69) is 5.32 Å². The number of hydrogen-bond donors (Lipinski definition) is 3. The fourth-order valence-electron chi connectivity index (χ4n) is 1.46. The van der Waals surface area contributed by atoms with Gasteiger partial charge in [0.2, 0.25) is 0 Å². The van der Waals surface area contributed by atoms with Crippen molar-refractivity contribution in [2.45, 2.75) is 12.5 Å². The minimum atomic E-state index is -1.09. The van der Waals surface area contributed by atoms with Crippen LogP contribution in [0.4, 0.5) is 0 Å². The van der Waals surface area contributed by atoms with E-state index in [1.807, 2.05) is 0 Å². The van der Waals surface area contributed by atoms with Crippen LogP contribution < -0.4 is 14.8 Å².